The van der Waals surface area contributed by atoms with Gasteiger partial charge in [0, 0.05) is 0 Å². The molecule has 0 fully saturated rings. The molecule has 0 aliphatic heterocycles. The zero-order valence-electron chi connectivity index (χ0n) is 31.6. The monoisotopic (exact) mass is 809 g/mol. The zero-order valence-corrected chi connectivity index (χ0v) is 35.6. The van der Waals surface area contributed by atoms with E-state index in [1.54, 1.807) is 0 Å². The van der Waals surface area contributed by atoms with Crippen LogP contribution in [-0.2, 0) is 25.8 Å². The van der Waals surface area contributed by atoms with Gasteiger partial charge < -0.3 is 0 Å². The number of carbonyl (C=O) groups is 2. The Kier molecular flexibility index (Phi) is 11.1. The van der Waals surface area contributed by atoms with Crippen molar-refractivity contribution < 1.29 is 25.8 Å². The summed E-state index contributed by atoms with van der Waals surface area (Å²) in [7, 11) is 17.5. The SMILES string of the molecule is CCC(C)C1=Cc2c(-c3cccc(C)c3C)cccc2[CH]1[Zr]([Cl])([Cl])([B](NC=O)NC=O)[CH]1C(C(C)CC)=Cc2c(-c3cccc(C)c3C)cccc21. The topological polar surface area (TPSA) is 58.2 Å². The summed E-state index contributed by atoms with van der Waals surface area (Å²) in [5, 5.41) is 6.03. The molecule has 0 saturated carbocycles. The van der Waals surface area contributed by atoms with E-state index >= 15 is 0 Å². The predicted molar refractivity (Wildman–Crippen MR) is 219 cm³/mol. The molecule has 0 heterocycles. The third-order valence-corrected chi connectivity index (χ3v) is 32.3. The minimum absolute atomic E-state index is 0.139. The first-order valence-corrected chi connectivity index (χ1v) is 29.2. The van der Waals surface area contributed by atoms with Crippen molar-refractivity contribution in [2.75, 3.05) is 0 Å². The molecular formula is C44H50BCl2N2O2Zr. The summed E-state index contributed by atoms with van der Waals surface area (Å²) in [5.41, 5.74) is 16.2. The second kappa shape index (κ2) is 14.9. The van der Waals surface area contributed by atoms with Gasteiger partial charge in [-0.25, -0.2) is 0 Å². The Morgan fingerprint density at radius 1 is 0.635 bits per heavy atom. The van der Waals surface area contributed by atoms with Crippen molar-refractivity contribution in [3.63, 3.8) is 0 Å². The predicted octanol–water partition coefficient (Wildman–Crippen LogP) is 11.4. The number of hydrogen-bond acceptors (Lipinski definition) is 2. The van der Waals surface area contributed by atoms with E-state index in [1.165, 1.54) is 44.5 Å². The van der Waals surface area contributed by atoms with Crippen LogP contribution in [0.1, 0.15) is 92.3 Å². The molecule has 4 nitrogen and oxygen atoms in total. The Morgan fingerprint density at radius 3 is 1.37 bits per heavy atom. The third kappa shape index (κ3) is 6.11. The van der Waals surface area contributed by atoms with Crippen molar-refractivity contribution in [3.05, 3.63) is 128 Å². The van der Waals surface area contributed by atoms with Crippen LogP contribution in [0.25, 0.3) is 34.4 Å². The summed E-state index contributed by atoms with van der Waals surface area (Å²) in [6, 6.07) is 25.8. The molecule has 2 aliphatic carbocycles. The summed E-state index contributed by atoms with van der Waals surface area (Å²) in [4.78, 5) is 25.2. The Labute approximate surface area is 318 Å². The van der Waals surface area contributed by atoms with Crippen molar-refractivity contribution in [2.45, 2.75) is 75.5 Å². The molecule has 269 valence electrons. The number of rotatable bonds is 13. The molecule has 2 N–H and O–H groups in total. The van der Waals surface area contributed by atoms with Crippen LogP contribution in [0.4, 0.5) is 0 Å². The first-order valence-electron chi connectivity index (χ1n) is 18.6. The molecule has 0 bridgehead atoms. The van der Waals surface area contributed by atoms with E-state index in [-0.39, 0.29) is 11.8 Å². The summed E-state index contributed by atoms with van der Waals surface area (Å²) in [6.45, 7) is 17.5. The van der Waals surface area contributed by atoms with Crippen LogP contribution in [0.3, 0.4) is 0 Å². The molecule has 6 rings (SSSR count). The number of nitrogens with one attached hydrogen (secondary N) is 2. The van der Waals surface area contributed by atoms with Gasteiger partial charge in [0.05, 0.1) is 0 Å². The van der Waals surface area contributed by atoms with Crippen LogP contribution in [0, 0.1) is 39.5 Å². The first-order chi connectivity index (χ1) is 24.8. The van der Waals surface area contributed by atoms with Crippen molar-refractivity contribution >= 4 is 46.5 Å². The molecule has 4 atom stereocenters. The van der Waals surface area contributed by atoms with Gasteiger partial charge >= 0.3 is 321 Å². The van der Waals surface area contributed by atoms with Crippen LogP contribution in [0.2, 0.25) is 0 Å². The van der Waals surface area contributed by atoms with E-state index < -0.39 is 27.9 Å². The molecule has 0 saturated heterocycles. The van der Waals surface area contributed by atoms with Gasteiger partial charge in [0.15, 0.2) is 0 Å². The molecular weight excluding hydrogens is 761 g/mol. The Morgan fingerprint density at radius 2 is 1.00 bits per heavy atom. The summed E-state index contributed by atoms with van der Waals surface area (Å²) >= 11 is -5.93. The molecule has 52 heavy (non-hydrogen) atoms. The van der Waals surface area contributed by atoms with Crippen molar-refractivity contribution in [1.29, 1.82) is 0 Å². The summed E-state index contributed by atoms with van der Waals surface area (Å²) in [6.07, 6.45) is 7.71. The van der Waals surface area contributed by atoms with Crippen molar-refractivity contribution in [2.24, 2.45) is 11.8 Å². The van der Waals surface area contributed by atoms with Crippen LogP contribution in [0.5, 0.6) is 0 Å². The van der Waals surface area contributed by atoms with Crippen molar-refractivity contribution in [1.82, 2.24) is 10.5 Å². The number of halogens is 2. The van der Waals surface area contributed by atoms with E-state index in [0.29, 0.717) is 12.8 Å². The van der Waals surface area contributed by atoms with E-state index in [0.717, 1.165) is 46.2 Å². The molecule has 0 radical (unpaired) electrons. The van der Waals surface area contributed by atoms with Crippen LogP contribution < -0.4 is 10.5 Å². The van der Waals surface area contributed by atoms with Gasteiger partial charge in [0.2, 0.25) is 0 Å². The summed E-state index contributed by atoms with van der Waals surface area (Å²) in [5.74, 6) is 0.279. The number of hydrogen-bond donors (Lipinski definition) is 2. The molecule has 4 unspecified atom stereocenters. The molecule has 8 heteroatoms. The first kappa shape index (κ1) is 38.5. The summed E-state index contributed by atoms with van der Waals surface area (Å²) < 4.78 is -1.77. The molecule has 2 amide bonds. The van der Waals surface area contributed by atoms with Crippen molar-refractivity contribution in [3.8, 4) is 22.3 Å². The average Bonchev–Trinajstić information content (AvgIpc) is 3.75. The zero-order chi connectivity index (χ0) is 37.6. The molecule has 0 aromatic heterocycles. The van der Waals surface area contributed by atoms with Gasteiger partial charge in [-0.05, 0) is 0 Å². The fraction of sp³-hybridized carbons (Fsp3) is 0.318. The van der Waals surface area contributed by atoms with Gasteiger partial charge in [-0.1, -0.05) is 0 Å². The fourth-order valence-corrected chi connectivity index (χ4v) is 29.7. The quantitative estimate of drug-likeness (QED) is 0.104. The standard InChI is InChI=1S/2C21H23.C2H3BN2O2.2ClH.Zr/c2*1-5-14(2)18-12-17-9-7-11-20(21(17)13-18)19-10-6-8-15(3)16(19)4;6-1-4-3-5-2-7;;;/h2*6-14H,5H2,1-4H3;1-2H,(H-,4,5,6,7);2*1H;/q;;;;;+1/p-1. The number of amides is 2. The van der Waals surface area contributed by atoms with Gasteiger partial charge in [-0.2, -0.15) is 0 Å². The Hall–Kier alpha value is -3.17. The van der Waals surface area contributed by atoms with Crippen LogP contribution in [0.15, 0.2) is 83.9 Å². The normalized spacial score (nSPS) is 18.2. The van der Waals surface area contributed by atoms with Gasteiger partial charge in [0.1, 0.15) is 0 Å². The minimum atomic E-state index is -5.93. The number of benzene rings is 4. The van der Waals surface area contributed by atoms with E-state index in [2.05, 4.69) is 151 Å². The van der Waals surface area contributed by atoms with E-state index in [1.807, 2.05) is 0 Å². The third-order valence-electron chi connectivity index (χ3n) is 12.5. The molecule has 2 aliphatic rings. The number of aryl methyl sites for hydroxylation is 2. The van der Waals surface area contributed by atoms with Crippen LogP contribution >= 0.6 is 17.0 Å². The molecule has 4 aromatic carbocycles. The van der Waals surface area contributed by atoms with Gasteiger partial charge in [-0.3, -0.25) is 0 Å². The Bertz CT molecular complexity index is 1980. The van der Waals surface area contributed by atoms with E-state index in [4.69, 9.17) is 17.0 Å². The van der Waals surface area contributed by atoms with Crippen LogP contribution in [-0.4, -0.2) is 17.3 Å². The second-order valence-corrected chi connectivity index (χ2v) is 36.5. The molecule has 0 spiro atoms. The van der Waals surface area contributed by atoms with E-state index in [9.17, 15) is 9.59 Å². The van der Waals surface area contributed by atoms with Gasteiger partial charge in [0.25, 0.3) is 0 Å². The van der Waals surface area contributed by atoms with Gasteiger partial charge in [-0.15, -0.1) is 0 Å². The fourth-order valence-electron chi connectivity index (χ4n) is 8.97. The number of carbonyl (C=O) groups excluding carboxylic acids is 2. The number of allylic oxidation sites excluding steroid dienone is 2. The average molecular weight is 812 g/mol. The molecule has 4 aromatic rings. The number of fused-ring (bicyclic) bond motifs is 2. The Balaban J connectivity index is 1.72. The maximum absolute atomic E-state index is 12.6. The maximum atomic E-state index is 12.6. The second-order valence-electron chi connectivity index (χ2n) is 15.1.